The Morgan fingerprint density at radius 1 is 0.969 bits per heavy atom. The van der Waals surface area contributed by atoms with Gasteiger partial charge >= 0.3 is 6.09 Å². The lowest BCUT2D eigenvalue weighted by molar-refractivity contribution is 0.0275. The normalized spacial score (nSPS) is 16.1. The Hall–Kier alpha value is -3.54. The van der Waals surface area contributed by atoms with Crippen molar-refractivity contribution >= 4 is 28.5 Å². The van der Waals surface area contributed by atoms with Gasteiger partial charge in [0, 0.05) is 24.2 Å². The van der Waals surface area contributed by atoms with Gasteiger partial charge in [-0.2, -0.15) is 0 Å². The summed E-state index contributed by atoms with van der Waals surface area (Å²) < 4.78 is 11.4. The van der Waals surface area contributed by atoms with Crippen molar-refractivity contribution < 1.29 is 19.1 Å². The molecule has 2 amide bonds. The van der Waals surface area contributed by atoms with E-state index in [1.54, 1.807) is 4.90 Å². The first-order valence-electron chi connectivity index (χ1n) is 10.8. The van der Waals surface area contributed by atoms with E-state index in [9.17, 15) is 9.59 Å². The van der Waals surface area contributed by atoms with Crippen molar-refractivity contribution in [2.24, 2.45) is 0 Å². The number of rotatable bonds is 4. The van der Waals surface area contributed by atoms with Crippen LogP contribution in [0.3, 0.4) is 0 Å². The Balaban J connectivity index is 1.32. The summed E-state index contributed by atoms with van der Waals surface area (Å²) >= 11 is 0. The van der Waals surface area contributed by atoms with Gasteiger partial charge in [-0.1, -0.05) is 30.3 Å². The molecule has 0 bridgehead atoms. The maximum atomic E-state index is 12.6. The van der Waals surface area contributed by atoms with E-state index in [1.807, 2.05) is 87.5 Å². The van der Waals surface area contributed by atoms with E-state index in [1.165, 1.54) is 0 Å². The molecule has 1 saturated heterocycles. The smallest absolute Gasteiger partial charge is 0.410 e. The van der Waals surface area contributed by atoms with Crippen LogP contribution < -0.4 is 10.1 Å². The molecule has 166 valence electrons. The van der Waals surface area contributed by atoms with Crippen LogP contribution in [0.5, 0.6) is 5.75 Å². The molecule has 3 aromatic rings. The van der Waals surface area contributed by atoms with Gasteiger partial charge in [0.05, 0.1) is 6.54 Å². The highest BCUT2D eigenvalue weighted by Crippen LogP contribution is 2.23. The molecule has 1 heterocycles. The van der Waals surface area contributed by atoms with Crippen LogP contribution in [0, 0.1) is 0 Å². The first-order chi connectivity index (χ1) is 15.3. The van der Waals surface area contributed by atoms with Crippen LogP contribution in [0.1, 0.15) is 37.6 Å². The number of nitrogens with zero attached hydrogens (tertiary/aromatic N) is 1. The lowest BCUT2D eigenvalue weighted by Crippen LogP contribution is -2.36. The Kier molecular flexibility index (Phi) is 6.04. The molecule has 32 heavy (non-hydrogen) atoms. The van der Waals surface area contributed by atoms with Gasteiger partial charge in [-0.05, 0) is 67.9 Å². The Morgan fingerprint density at radius 2 is 1.69 bits per heavy atom. The summed E-state index contributed by atoms with van der Waals surface area (Å²) in [6, 6.07) is 20.9. The zero-order chi connectivity index (χ0) is 22.7. The molecule has 0 spiro atoms. The molecule has 1 aliphatic rings. The second-order valence-electron chi connectivity index (χ2n) is 9.00. The minimum atomic E-state index is -0.511. The zero-order valence-corrected chi connectivity index (χ0v) is 18.6. The number of benzene rings is 3. The Labute approximate surface area is 188 Å². The molecule has 1 aliphatic heterocycles. The topological polar surface area (TPSA) is 67.9 Å². The Morgan fingerprint density at radius 3 is 2.41 bits per heavy atom. The molecule has 0 radical (unpaired) electrons. The summed E-state index contributed by atoms with van der Waals surface area (Å²) in [6.07, 6.45) is 0.357. The largest absolute Gasteiger partial charge is 0.489 e. The number of nitrogens with one attached hydrogen (secondary N) is 1. The van der Waals surface area contributed by atoms with Crippen LogP contribution >= 0.6 is 0 Å². The number of carbonyl (C=O) groups is 2. The third-order valence-corrected chi connectivity index (χ3v) is 5.22. The van der Waals surface area contributed by atoms with Crippen molar-refractivity contribution in [1.82, 2.24) is 4.90 Å². The highest BCUT2D eigenvalue weighted by atomic mass is 16.6. The maximum Gasteiger partial charge on any atom is 0.410 e. The summed E-state index contributed by atoms with van der Waals surface area (Å²) in [7, 11) is 0. The van der Waals surface area contributed by atoms with Gasteiger partial charge in [0.15, 0.2) is 0 Å². The van der Waals surface area contributed by atoms with Crippen molar-refractivity contribution in [2.75, 3.05) is 18.4 Å². The maximum absolute atomic E-state index is 12.6. The van der Waals surface area contributed by atoms with Crippen LogP contribution in [0.25, 0.3) is 10.8 Å². The summed E-state index contributed by atoms with van der Waals surface area (Å²) in [5.74, 6) is 0.540. The molecule has 1 unspecified atom stereocenters. The summed E-state index contributed by atoms with van der Waals surface area (Å²) in [5.41, 5.74) is 0.790. The van der Waals surface area contributed by atoms with E-state index in [2.05, 4.69) is 5.32 Å². The van der Waals surface area contributed by atoms with Crippen molar-refractivity contribution in [3.8, 4) is 5.75 Å². The summed E-state index contributed by atoms with van der Waals surface area (Å²) in [6.45, 7) is 6.68. The first kappa shape index (κ1) is 21.7. The molecule has 1 atom stereocenters. The fourth-order valence-electron chi connectivity index (χ4n) is 3.66. The van der Waals surface area contributed by atoms with E-state index >= 15 is 0 Å². The molecule has 4 rings (SSSR count). The van der Waals surface area contributed by atoms with Crippen molar-refractivity contribution in [1.29, 1.82) is 0 Å². The molecule has 3 aromatic carbocycles. The van der Waals surface area contributed by atoms with Gasteiger partial charge in [0.1, 0.15) is 17.5 Å². The second-order valence-corrected chi connectivity index (χ2v) is 9.00. The van der Waals surface area contributed by atoms with E-state index in [-0.39, 0.29) is 18.1 Å². The predicted octanol–water partition coefficient (Wildman–Crippen LogP) is 5.48. The predicted molar refractivity (Wildman–Crippen MR) is 125 cm³/mol. The number of hydrogen-bond donors (Lipinski definition) is 1. The van der Waals surface area contributed by atoms with Gasteiger partial charge < -0.3 is 19.7 Å². The molecular formula is C26H28N2O4. The number of carbonyl (C=O) groups excluding carboxylic acids is 2. The number of hydrogen-bond acceptors (Lipinski definition) is 4. The van der Waals surface area contributed by atoms with Crippen LogP contribution in [-0.2, 0) is 4.74 Å². The minimum absolute atomic E-state index is 0.0828. The highest BCUT2D eigenvalue weighted by molar-refractivity contribution is 6.06. The van der Waals surface area contributed by atoms with Gasteiger partial charge in [0.25, 0.3) is 5.91 Å². The van der Waals surface area contributed by atoms with Crippen molar-refractivity contribution in [2.45, 2.75) is 38.9 Å². The average molecular weight is 433 g/mol. The number of amides is 2. The number of ether oxygens (including phenoxy) is 2. The SMILES string of the molecule is CC(C)(C)OC(=O)N1CCC(Oc2ccc(NC(=O)c3ccc4ccccc4c3)cc2)C1. The number of likely N-dealkylation sites (tertiary alicyclic amines) is 1. The van der Waals surface area contributed by atoms with E-state index in [0.717, 1.165) is 17.2 Å². The summed E-state index contributed by atoms with van der Waals surface area (Å²) in [4.78, 5) is 26.5. The molecule has 0 aliphatic carbocycles. The molecule has 0 aromatic heterocycles. The molecule has 0 saturated carbocycles. The molecule has 1 N–H and O–H groups in total. The standard InChI is InChI=1S/C26H28N2O4/c1-26(2,3)32-25(30)28-15-14-23(17-28)31-22-12-10-21(11-13-22)27-24(29)20-9-8-18-6-4-5-7-19(18)16-20/h4-13,16,23H,14-15,17H2,1-3H3,(H,27,29). The lowest BCUT2D eigenvalue weighted by atomic mass is 10.1. The van der Waals surface area contributed by atoms with E-state index < -0.39 is 5.60 Å². The first-order valence-corrected chi connectivity index (χ1v) is 10.8. The van der Waals surface area contributed by atoms with Crippen LogP contribution in [0.4, 0.5) is 10.5 Å². The minimum Gasteiger partial charge on any atom is -0.489 e. The van der Waals surface area contributed by atoms with Crippen LogP contribution in [-0.4, -0.2) is 41.7 Å². The number of anilines is 1. The summed E-state index contributed by atoms with van der Waals surface area (Å²) in [5, 5.41) is 5.05. The fraction of sp³-hybridized carbons (Fsp3) is 0.308. The van der Waals surface area contributed by atoms with Gasteiger partial charge in [-0.25, -0.2) is 4.79 Å². The number of fused-ring (bicyclic) bond motifs is 1. The lowest BCUT2D eigenvalue weighted by Gasteiger charge is -2.24. The molecular weight excluding hydrogens is 404 g/mol. The molecule has 6 nitrogen and oxygen atoms in total. The van der Waals surface area contributed by atoms with Crippen LogP contribution in [0.2, 0.25) is 0 Å². The van der Waals surface area contributed by atoms with Crippen molar-refractivity contribution in [3.63, 3.8) is 0 Å². The van der Waals surface area contributed by atoms with Crippen molar-refractivity contribution in [3.05, 3.63) is 72.3 Å². The van der Waals surface area contributed by atoms with Crippen LogP contribution in [0.15, 0.2) is 66.7 Å². The third-order valence-electron chi connectivity index (χ3n) is 5.22. The molecule has 1 fully saturated rings. The van der Waals surface area contributed by atoms with E-state index in [0.29, 0.717) is 30.1 Å². The quantitative estimate of drug-likeness (QED) is 0.593. The van der Waals surface area contributed by atoms with Gasteiger partial charge in [-0.15, -0.1) is 0 Å². The zero-order valence-electron chi connectivity index (χ0n) is 18.6. The van der Waals surface area contributed by atoms with Gasteiger partial charge in [-0.3, -0.25) is 4.79 Å². The molecule has 6 heteroatoms. The Bertz CT molecular complexity index is 1120. The fourth-order valence-corrected chi connectivity index (χ4v) is 3.66. The third kappa shape index (κ3) is 5.38. The second kappa shape index (κ2) is 8.91. The average Bonchev–Trinajstić information content (AvgIpc) is 3.22. The van der Waals surface area contributed by atoms with Gasteiger partial charge in [0.2, 0.25) is 0 Å². The monoisotopic (exact) mass is 432 g/mol. The van der Waals surface area contributed by atoms with E-state index in [4.69, 9.17) is 9.47 Å². The highest BCUT2D eigenvalue weighted by Gasteiger charge is 2.30.